The number of nitrogens with one attached hydrogen (secondary N) is 2. The number of para-hydroxylation sites is 1. The minimum absolute atomic E-state index is 0.219. The maximum Gasteiger partial charge on any atom is 0.258 e. The number of hydrogen-bond acceptors (Lipinski definition) is 3. The number of nitrogens with zero attached hydrogens (tertiary/aromatic N) is 2. The molecule has 2 heterocycles. The summed E-state index contributed by atoms with van der Waals surface area (Å²) in [5, 5.41) is 4.29. The Labute approximate surface area is 161 Å². The molecule has 142 valence electrons. The van der Waals surface area contributed by atoms with Gasteiger partial charge in [0.15, 0.2) is 0 Å². The van der Waals surface area contributed by atoms with Crippen molar-refractivity contribution in [2.45, 2.75) is 20.3 Å². The first-order valence-electron chi connectivity index (χ1n) is 9.19. The monoisotopic (exact) mass is 376 g/mol. The van der Waals surface area contributed by atoms with Crippen molar-refractivity contribution in [3.63, 3.8) is 0 Å². The van der Waals surface area contributed by atoms with Crippen LogP contribution in [-0.4, -0.2) is 21.1 Å². The van der Waals surface area contributed by atoms with E-state index in [4.69, 9.17) is 0 Å². The highest BCUT2D eigenvalue weighted by molar-refractivity contribution is 5.80. The Bertz CT molecular complexity index is 1180. The van der Waals surface area contributed by atoms with Gasteiger partial charge in [-0.2, -0.15) is 0 Å². The predicted octanol–water partition coefficient (Wildman–Crippen LogP) is 4.12. The Balaban J connectivity index is 1.48. The third kappa shape index (κ3) is 3.53. The molecule has 0 unspecified atom stereocenters. The summed E-state index contributed by atoms with van der Waals surface area (Å²) in [6.45, 7) is 4.09. The van der Waals surface area contributed by atoms with E-state index in [1.54, 1.807) is 26.0 Å². The van der Waals surface area contributed by atoms with Crippen LogP contribution in [0, 0.1) is 19.7 Å². The molecule has 0 bridgehead atoms. The molecule has 28 heavy (non-hydrogen) atoms. The van der Waals surface area contributed by atoms with Gasteiger partial charge in [0, 0.05) is 42.0 Å². The number of aromatic nitrogens is 3. The highest BCUT2D eigenvalue weighted by atomic mass is 19.1. The number of benzene rings is 2. The molecule has 0 saturated carbocycles. The molecule has 2 aromatic heterocycles. The van der Waals surface area contributed by atoms with Crippen molar-refractivity contribution in [3.8, 4) is 5.69 Å². The molecule has 4 aromatic rings. The Morgan fingerprint density at radius 3 is 2.68 bits per heavy atom. The van der Waals surface area contributed by atoms with Gasteiger partial charge in [0.1, 0.15) is 11.6 Å². The van der Waals surface area contributed by atoms with Gasteiger partial charge in [-0.05, 0) is 43.5 Å². The smallest absolute Gasteiger partial charge is 0.258 e. The van der Waals surface area contributed by atoms with E-state index >= 15 is 0 Å². The molecule has 6 heteroatoms. The van der Waals surface area contributed by atoms with Crippen LogP contribution >= 0.6 is 0 Å². The van der Waals surface area contributed by atoms with Gasteiger partial charge in [-0.25, -0.2) is 9.37 Å². The second-order valence-corrected chi connectivity index (χ2v) is 6.84. The number of H-pyrrole nitrogens is 1. The van der Waals surface area contributed by atoms with Crippen LogP contribution in [-0.2, 0) is 6.42 Å². The first-order chi connectivity index (χ1) is 13.5. The largest absolute Gasteiger partial charge is 0.382 e. The Morgan fingerprint density at radius 1 is 1.11 bits per heavy atom. The lowest BCUT2D eigenvalue weighted by molar-refractivity contribution is 0.628. The maximum absolute atomic E-state index is 14.6. The molecule has 0 atom stereocenters. The minimum Gasteiger partial charge on any atom is -0.382 e. The first kappa shape index (κ1) is 18.0. The van der Waals surface area contributed by atoms with E-state index in [-0.39, 0.29) is 5.56 Å². The predicted molar refractivity (Wildman–Crippen MR) is 110 cm³/mol. The van der Waals surface area contributed by atoms with Crippen molar-refractivity contribution in [2.24, 2.45) is 0 Å². The van der Waals surface area contributed by atoms with Gasteiger partial charge in [0.05, 0.1) is 11.4 Å². The van der Waals surface area contributed by atoms with Crippen molar-refractivity contribution >= 4 is 16.6 Å². The summed E-state index contributed by atoms with van der Waals surface area (Å²) >= 11 is 0. The van der Waals surface area contributed by atoms with E-state index in [1.807, 2.05) is 18.2 Å². The number of hydrogen-bond donors (Lipinski definition) is 2. The Hall–Kier alpha value is -3.41. The van der Waals surface area contributed by atoms with Crippen LogP contribution in [0.15, 0.2) is 59.4 Å². The molecule has 0 aliphatic rings. The fourth-order valence-electron chi connectivity index (χ4n) is 3.44. The fourth-order valence-corrected chi connectivity index (χ4v) is 3.44. The highest BCUT2D eigenvalue weighted by Gasteiger charge is 2.09. The standard InChI is InChI=1S/C22H21FN4O/c1-14-11-22(28)27(15(2)25-14)18-7-8-21(19(23)13-18)24-10-9-17-12-16-5-3-4-6-20(16)26-17/h3-8,11-13,24,26H,9-10H2,1-2H3. The molecule has 0 aliphatic heterocycles. The topological polar surface area (TPSA) is 62.7 Å². The molecule has 0 spiro atoms. The molecule has 0 radical (unpaired) electrons. The summed E-state index contributed by atoms with van der Waals surface area (Å²) in [5.41, 5.74) is 3.50. The van der Waals surface area contributed by atoms with Gasteiger partial charge in [-0.1, -0.05) is 18.2 Å². The lowest BCUT2D eigenvalue weighted by Crippen LogP contribution is -2.22. The van der Waals surface area contributed by atoms with Gasteiger partial charge in [0.2, 0.25) is 0 Å². The van der Waals surface area contributed by atoms with Crippen molar-refractivity contribution in [2.75, 3.05) is 11.9 Å². The molecule has 0 amide bonds. The van der Waals surface area contributed by atoms with E-state index < -0.39 is 5.82 Å². The second-order valence-electron chi connectivity index (χ2n) is 6.84. The van der Waals surface area contributed by atoms with Crippen molar-refractivity contribution in [1.29, 1.82) is 0 Å². The molecule has 2 aromatic carbocycles. The molecule has 4 rings (SSSR count). The second kappa shape index (κ2) is 7.31. The Morgan fingerprint density at radius 2 is 1.93 bits per heavy atom. The molecular weight excluding hydrogens is 355 g/mol. The first-order valence-corrected chi connectivity index (χ1v) is 9.19. The van der Waals surface area contributed by atoms with Crippen LogP contribution in [0.3, 0.4) is 0 Å². The van der Waals surface area contributed by atoms with Crippen molar-refractivity contribution in [3.05, 3.63) is 88.0 Å². The summed E-state index contributed by atoms with van der Waals surface area (Å²) in [4.78, 5) is 19.9. The van der Waals surface area contributed by atoms with Gasteiger partial charge < -0.3 is 10.3 Å². The lowest BCUT2D eigenvalue weighted by atomic mass is 10.2. The zero-order valence-electron chi connectivity index (χ0n) is 15.8. The summed E-state index contributed by atoms with van der Waals surface area (Å²) < 4.78 is 16.0. The minimum atomic E-state index is -0.402. The lowest BCUT2D eigenvalue weighted by Gasteiger charge is -2.12. The maximum atomic E-state index is 14.6. The van der Waals surface area contributed by atoms with E-state index in [2.05, 4.69) is 27.4 Å². The number of aromatic amines is 1. The van der Waals surface area contributed by atoms with Crippen molar-refractivity contribution < 1.29 is 4.39 Å². The van der Waals surface area contributed by atoms with Crippen LogP contribution in [0.1, 0.15) is 17.2 Å². The number of fused-ring (bicyclic) bond motifs is 1. The van der Waals surface area contributed by atoms with Crippen LogP contribution in [0.5, 0.6) is 0 Å². The highest BCUT2D eigenvalue weighted by Crippen LogP contribution is 2.19. The molecule has 2 N–H and O–H groups in total. The van der Waals surface area contributed by atoms with Gasteiger partial charge in [0.25, 0.3) is 5.56 Å². The fraction of sp³-hybridized carbons (Fsp3) is 0.182. The SMILES string of the molecule is Cc1cc(=O)n(-c2ccc(NCCc3cc4ccccc4[nH]3)c(F)c2)c(C)n1. The van der Waals surface area contributed by atoms with Gasteiger partial charge in [-0.15, -0.1) is 0 Å². The molecular formula is C22H21FN4O. The van der Waals surface area contributed by atoms with Gasteiger partial charge in [-0.3, -0.25) is 9.36 Å². The number of rotatable bonds is 5. The van der Waals surface area contributed by atoms with Crippen molar-refractivity contribution in [1.82, 2.24) is 14.5 Å². The number of aryl methyl sites for hydroxylation is 2. The molecule has 0 fully saturated rings. The van der Waals surface area contributed by atoms with E-state index in [9.17, 15) is 9.18 Å². The molecule has 5 nitrogen and oxygen atoms in total. The average molecular weight is 376 g/mol. The third-order valence-electron chi connectivity index (χ3n) is 4.72. The van der Waals surface area contributed by atoms with Crippen LogP contribution in [0.4, 0.5) is 10.1 Å². The zero-order valence-corrected chi connectivity index (χ0v) is 15.8. The van der Waals surface area contributed by atoms with Crippen LogP contribution in [0.25, 0.3) is 16.6 Å². The summed E-state index contributed by atoms with van der Waals surface area (Å²) in [5.74, 6) is 0.130. The normalized spacial score (nSPS) is 11.1. The van der Waals surface area contributed by atoms with E-state index in [0.29, 0.717) is 29.4 Å². The van der Waals surface area contributed by atoms with Crippen LogP contribution in [0.2, 0.25) is 0 Å². The summed E-state index contributed by atoms with van der Waals surface area (Å²) in [6, 6.07) is 16.4. The van der Waals surface area contributed by atoms with Gasteiger partial charge >= 0.3 is 0 Å². The summed E-state index contributed by atoms with van der Waals surface area (Å²) in [6.07, 6.45) is 0.746. The quantitative estimate of drug-likeness (QED) is 0.551. The number of halogens is 1. The molecule has 0 aliphatic carbocycles. The van der Waals surface area contributed by atoms with Crippen LogP contribution < -0.4 is 10.9 Å². The Kier molecular flexibility index (Phi) is 4.69. The third-order valence-corrected chi connectivity index (χ3v) is 4.72. The molecule has 0 saturated heterocycles. The zero-order chi connectivity index (χ0) is 19.7. The average Bonchev–Trinajstić information content (AvgIpc) is 3.05. The number of anilines is 1. The summed E-state index contributed by atoms with van der Waals surface area (Å²) in [7, 11) is 0. The van der Waals surface area contributed by atoms with E-state index in [1.165, 1.54) is 22.1 Å². The van der Waals surface area contributed by atoms with E-state index in [0.717, 1.165) is 17.6 Å².